The van der Waals surface area contributed by atoms with Crippen LogP contribution in [0.25, 0.3) is 11.1 Å². The Bertz CT molecular complexity index is 1580. The van der Waals surface area contributed by atoms with E-state index in [2.05, 4.69) is 17.6 Å². The van der Waals surface area contributed by atoms with Crippen LogP contribution in [0.5, 0.6) is 0 Å². The first-order valence-electron chi connectivity index (χ1n) is 15.0. The van der Waals surface area contributed by atoms with Crippen molar-refractivity contribution in [2.24, 2.45) is 0 Å². The molecule has 1 unspecified atom stereocenters. The summed E-state index contributed by atoms with van der Waals surface area (Å²) >= 11 is -1.44. The van der Waals surface area contributed by atoms with Crippen molar-refractivity contribution < 1.29 is 27.0 Å². The van der Waals surface area contributed by atoms with Crippen molar-refractivity contribution in [3.63, 3.8) is 0 Å². The minimum Gasteiger partial charge on any atom is -0.616 e. The van der Waals surface area contributed by atoms with Crippen LogP contribution in [-0.2, 0) is 26.0 Å². The standard InChI is InChI=1S/C33H39FN4O5S2/c1-33(22-29(33)26-12-14-28(34)15-13-26)35-16-21-44(41)23-30(32(40)37-17-19-38(20-18-37)45(2,42)43)36-31(39)27-10-8-25(9-11-27)24-6-4-3-5-7-24/h3-15,29-30,35H,16-23H2,1-2H3,(H,36,39)/t29-,30-,33+,44?/m0/s1. The van der Waals surface area contributed by atoms with Crippen molar-refractivity contribution in [1.29, 1.82) is 0 Å². The molecule has 0 radical (unpaired) electrons. The number of nitrogens with zero attached hydrogens (tertiary/aromatic N) is 2. The summed E-state index contributed by atoms with van der Waals surface area (Å²) in [4.78, 5) is 28.5. The zero-order valence-corrected chi connectivity index (χ0v) is 27.1. The highest BCUT2D eigenvalue weighted by Gasteiger charge is 2.50. The molecule has 4 atom stereocenters. The third-order valence-corrected chi connectivity index (χ3v) is 11.3. The van der Waals surface area contributed by atoms with Crippen molar-refractivity contribution in [3.8, 4) is 11.1 Å². The van der Waals surface area contributed by atoms with Gasteiger partial charge in [0, 0.05) is 49.7 Å². The third-order valence-electron chi connectivity index (χ3n) is 8.60. The molecule has 2 fully saturated rings. The van der Waals surface area contributed by atoms with Crippen molar-refractivity contribution in [2.75, 3.05) is 50.5 Å². The van der Waals surface area contributed by atoms with Gasteiger partial charge in [0.2, 0.25) is 15.9 Å². The van der Waals surface area contributed by atoms with Crippen LogP contribution in [0.15, 0.2) is 78.9 Å². The van der Waals surface area contributed by atoms with Gasteiger partial charge in [-0.05, 0) is 65.5 Å². The van der Waals surface area contributed by atoms with Crippen LogP contribution in [0.3, 0.4) is 0 Å². The molecule has 0 spiro atoms. The van der Waals surface area contributed by atoms with E-state index >= 15 is 0 Å². The van der Waals surface area contributed by atoms with E-state index in [0.29, 0.717) is 12.1 Å². The van der Waals surface area contributed by atoms with E-state index < -0.39 is 33.1 Å². The second-order valence-electron chi connectivity index (χ2n) is 11.9. The largest absolute Gasteiger partial charge is 0.616 e. The van der Waals surface area contributed by atoms with Gasteiger partial charge in [-0.15, -0.1) is 0 Å². The Hall–Kier alpha value is -3.29. The fourth-order valence-electron chi connectivity index (χ4n) is 5.78. The molecule has 1 saturated heterocycles. The zero-order valence-electron chi connectivity index (χ0n) is 25.4. The minimum atomic E-state index is -3.38. The van der Waals surface area contributed by atoms with Crippen LogP contribution in [0.1, 0.15) is 35.2 Å². The number of sulfonamides is 1. The molecule has 2 N–H and O–H groups in total. The summed E-state index contributed by atoms with van der Waals surface area (Å²) in [7, 11) is -3.38. The van der Waals surface area contributed by atoms with Crippen molar-refractivity contribution in [2.45, 2.75) is 30.8 Å². The average molecular weight is 655 g/mol. The summed E-state index contributed by atoms with van der Waals surface area (Å²) in [5, 5.41) is 6.27. The number of carbonyl (C=O) groups excluding carboxylic acids is 2. The fraction of sp³-hybridized carbons (Fsp3) is 0.394. The number of hydrogen-bond acceptors (Lipinski definition) is 6. The van der Waals surface area contributed by atoms with Gasteiger partial charge >= 0.3 is 0 Å². The maximum atomic E-state index is 13.6. The van der Waals surface area contributed by atoms with E-state index in [4.69, 9.17) is 0 Å². The van der Waals surface area contributed by atoms with Crippen molar-refractivity contribution in [1.82, 2.24) is 19.8 Å². The van der Waals surface area contributed by atoms with Gasteiger partial charge in [-0.1, -0.05) is 54.6 Å². The first kappa shape index (κ1) is 33.1. The molecule has 2 amide bonds. The third kappa shape index (κ3) is 8.50. The number of nitrogens with one attached hydrogen (secondary N) is 2. The summed E-state index contributed by atoms with van der Waals surface area (Å²) in [6.45, 7) is 3.21. The molecule has 0 aromatic heterocycles. The van der Waals surface area contributed by atoms with Crippen molar-refractivity contribution in [3.05, 3.63) is 95.8 Å². The van der Waals surface area contributed by atoms with E-state index in [1.165, 1.54) is 21.3 Å². The molecule has 240 valence electrons. The Morgan fingerprint density at radius 1 is 0.978 bits per heavy atom. The first-order valence-corrected chi connectivity index (χ1v) is 18.3. The lowest BCUT2D eigenvalue weighted by molar-refractivity contribution is -0.133. The van der Waals surface area contributed by atoms with Crippen LogP contribution in [-0.4, -0.2) is 96.1 Å². The molecular weight excluding hydrogens is 616 g/mol. The molecule has 2 aliphatic rings. The van der Waals surface area contributed by atoms with Gasteiger partial charge in [-0.2, -0.15) is 4.31 Å². The van der Waals surface area contributed by atoms with Crippen LogP contribution in [0, 0.1) is 5.82 Å². The second-order valence-corrected chi connectivity index (χ2v) is 15.5. The second kappa shape index (κ2) is 14.0. The van der Waals surface area contributed by atoms with Crippen LogP contribution >= 0.6 is 0 Å². The Morgan fingerprint density at radius 3 is 2.22 bits per heavy atom. The van der Waals surface area contributed by atoms with Gasteiger partial charge in [0.15, 0.2) is 6.04 Å². The summed E-state index contributed by atoms with van der Waals surface area (Å²) in [5.74, 6) is -0.673. The van der Waals surface area contributed by atoms with Crippen LogP contribution in [0.2, 0.25) is 0 Å². The normalized spacial score (nSPS) is 21.6. The van der Waals surface area contributed by atoms with Gasteiger partial charge in [-0.3, -0.25) is 9.59 Å². The maximum Gasteiger partial charge on any atom is 0.252 e. The molecule has 12 heteroatoms. The molecule has 1 aliphatic carbocycles. The predicted octanol–water partition coefficient (Wildman–Crippen LogP) is 2.98. The van der Waals surface area contributed by atoms with E-state index in [9.17, 15) is 27.0 Å². The molecule has 3 aromatic rings. The maximum absolute atomic E-state index is 13.6. The van der Waals surface area contributed by atoms with E-state index in [1.807, 2.05) is 42.5 Å². The molecule has 0 bridgehead atoms. The van der Waals surface area contributed by atoms with Crippen LogP contribution in [0.4, 0.5) is 4.39 Å². The lowest BCUT2D eigenvalue weighted by Gasteiger charge is -2.35. The molecule has 5 rings (SSSR count). The Kier molecular flexibility index (Phi) is 10.3. The highest BCUT2D eigenvalue weighted by atomic mass is 32.2. The lowest BCUT2D eigenvalue weighted by atomic mass is 10.0. The zero-order chi connectivity index (χ0) is 32.2. The van der Waals surface area contributed by atoms with Crippen LogP contribution < -0.4 is 10.6 Å². The summed E-state index contributed by atoms with van der Waals surface area (Å²) < 4.78 is 51.8. The van der Waals surface area contributed by atoms with Gasteiger partial charge in [0.1, 0.15) is 17.3 Å². The lowest BCUT2D eigenvalue weighted by Crippen LogP contribution is -2.57. The van der Waals surface area contributed by atoms with Gasteiger partial charge in [0.25, 0.3) is 5.91 Å². The molecule has 45 heavy (non-hydrogen) atoms. The predicted molar refractivity (Wildman–Crippen MR) is 174 cm³/mol. The first-order chi connectivity index (χ1) is 21.4. The molecule has 9 nitrogen and oxygen atoms in total. The number of benzene rings is 3. The molecule has 1 heterocycles. The number of hydrogen-bond donors (Lipinski definition) is 2. The molecule has 1 aliphatic heterocycles. The summed E-state index contributed by atoms with van der Waals surface area (Å²) in [6.07, 6.45) is 2.02. The monoisotopic (exact) mass is 654 g/mol. The number of rotatable bonds is 12. The van der Waals surface area contributed by atoms with Crippen molar-refractivity contribution >= 4 is 33.0 Å². The topological polar surface area (TPSA) is 122 Å². The van der Waals surface area contributed by atoms with E-state index in [0.717, 1.165) is 29.4 Å². The number of carbonyl (C=O) groups is 2. The number of halogens is 1. The Morgan fingerprint density at radius 2 is 1.60 bits per heavy atom. The Labute approximate surface area is 267 Å². The quantitative estimate of drug-likeness (QED) is 0.290. The number of amides is 2. The Balaban J connectivity index is 1.21. The molecule has 3 aromatic carbocycles. The van der Waals surface area contributed by atoms with Gasteiger partial charge < -0.3 is 20.1 Å². The fourth-order valence-corrected chi connectivity index (χ4v) is 7.70. The van der Waals surface area contributed by atoms with Gasteiger partial charge in [-0.25, -0.2) is 12.8 Å². The summed E-state index contributed by atoms with van der Waals surface area (Å²) in [6, 6.07) is 22.3. The molecule has 1 saturated carbocycles. The minimum absolute atomic E-state index is 0.0707. The summed E-state index contributed by atoms with van der Waals surface area (Å²) in [5.41, 5.74) is 3.20. The van der Waals surface area contributed by atoms with Gasteiger partial charge in [0.05, 0.1) is 6.26 Å². The van der Waals surface area contributed by atoms with E-state index in [1.54, 1.807) is 24.3 Å². The molecular formula is C33H39FN4O5S2. The average Bonchev–Trinajstić information content (AvgIpc) is 3.71. The smallest absolute Gasteiger partial charge is 0.252 e. The number of piperazine rings is 1. The highest BCUT2D eigenvalue weighted by molar-refractivity contribution is 7.91. The highest BCUT2D eigenvalue weighted by Crippen LogP contribution is 2.50. The van der Waals surface area contributed by atoms with E-state index in [-0.39, 0.29) is 60.9 Å². The SMILES string of the molecule is C[C@@]1(NCC[S+]([O-])C[C@H](NC(=O)c2ccc(-c3ccccc3)cc2)C(=O)N2CCN(S(C)(=O)=O)CC2)C[C@H]1c1ccc(F)cc1.